The van der Waals surface area contributed by atoms with Gasteiger partial charge in [-0.3, -0.25) is 4.98 Å². The van der Waals surface area contributed by atoms with Gasteiger partial charge in [-0.05, 0) is 12.1 Å². The van der Waals surface area contributed by atoms with Crippen LogP contribution in [0.3, 0.4) is 0 Å². The minimum absolute atomic E-state index is 0.434. The van der Waals surface area contributed by atoms with Gasteiger partial charge in [0.1, 0.15) is 12.0 Å². The van der Waals surface area contributed by atoms with Gasteiger partial charge >= 0.3 is 0 Å². The summed E-state index contributed by atoms with van der Waals surface area (Å²) in [4.78, 5) is 17.0. The summed E-state index contributed by atoms with van der Waals surface area (Å²) in [6.07, 6.45) is 8.23. The van der Waals surface area contributed by atoms with Crippen molar-refractivity contribution in [3.05, 3.63) is 49.3 Å². The number of fused-ring (bicyclic) bond motifs is 1. The van der Waals surface area contributed by atoms with Gasteiger partial charge in [-0.2, -0.15) is 4.98 Å². The molecule has 0 spiro atoms. The minimum Gasteiger partial charge on any atom is -0.493 e. The summed E-state index contributed by atoms with van der Waals surface area (Å²) in [6, 6.07) is 5.48. The fourth-order valence-corrected chi connectivity index (χ4v) is 2.54. The summed E-state index contributed by atoms with van der Waals surface area (Å²) in [5.74, 6) is 1.70. The molecule has 0 saturated carbocycles. The molecule has 0 saturated heterocycles. The van der Waals surface area contributed by atoms with Gasteiger partial charge in [0.2, 0.25) is 5.95 Å². The van der Waals surface area contributed by atoms with Gasteiger partial charge in [0, 0.05) is 42.1 Å². The first-order valence-corrected chi connectivity index (χ1v) is 7.74. The lowest BCUT2D eigenvalue weighted by Gasteiger charge is -2.09. The summed E-state index contributed by atoms with van der Waals surface area (Å²) in [6.45, 7) is 0. The van der Waals surface area contributed by atoms with Crippen molar-refractivity contribution in [3.8, 4) is 22.8 Å². The monoisotopic (exact) mass is 349 g/mol. The smallest absolute Gasteiger partial charge is 0.247 e. The van der Waals surface area contributed by atoms with Crippen molar-refractivity contribution in [2.24, 2.45) is 0 Å². The van der Waals surface area contributed by atoms with Crippen LogP contribution in [0.25, 0.3) is 16.9 Å². The predicted octanol–water partition coefficient (Wildman–Crippen LogP) is 2.34. The van der Waals surface area contributed by atoms with Crippen LogP contribution in [0.15, 0.2) is 49.3 Å². The fraction of sp³-hybridized carbons (Fsp3) is 0.118. The number of hydrogen-bond acceptors (Lipinski definition) is 8. The maximum Gasteiger partial charge on any atom is 0.247 e. The fourth-order valence-electron chi connectivity index (χ4n) is 2.54. The zero-order valence-corrected chi connectivity index (χ0v) is 14.1. The lowest BCUT2D eigenvalue weighted by atomic mass is 10.2. The van der Waals surface area contributed by atoms with Crippen molar-refractivity contribution in [1.82, 2.24) is 29.5 Å². The van der Waals surface area contributed by atoms with E-state index in [4.69, 9.17) is 9.47 Å². The van der Waals surface area contributed by atoms with E-state index >= 15 is 0 Å². The number of nitrogens with one attached hydrogen (secondary N) is 1. The van der Waals surface area contributed by atoms with E-state index in [1.54, 1.807) is 43.5 Å². The number of nitrogens with zero attached hydrogens (tertiary/aromatic N) is 6. The summed E-state index contributed by atoms with van der Waals surface area (Å²) in [5, 5.41) is 7.59. The van der Waals surface area contributed by atoms with Gasteiger partial charge in [-0.1, -0.05) is 0 Å². The molecule has 3 aromatic heterocycles. The lowest BCUT2D eigenvalue weighted by Crippen LogP contribution is -1.96. The zero-order chi connectivity index (χ0) is 17.9. The third-order valence-corrected chi connectivity index (χ3v) is 3.73. The van der Waals surface area contributed by atoms with Crippen LogP contribution in [0.1, 0.15) is 0 Å². The number of methoxy groups -OCH3 is 2. The highest BCUT2D eigenvalue weighted by molar-refractivity contribution is 5.73. The van der Waals surface area contributed by atoms with Gasteiger partial charge in [-0.15, -0.1) is 5.10 Å². The molecule has 9 heteroatoms. The molecule has 26 heavy (non-hydrogen) atoms. The predicted molar refractivity (Wildman–Crippen MR) is 94.6 cm³/mol. The number of benzene rings is 1. The first kappa shape index (κ1) is 15.8. The molecule has 1 aromatic carbocycles. The second kappa shape index (κ2) is 6.63. The van der Waals surface area contributed by atoms with Crippen molar-refractivity contribution in [3.63, 3.8) is 0 Å². The standard InChI is InChI=1S/C17H15N7O2/c1-25-13-4-3-12(7-14(13)26-2)21-17-22-16-15(11-8-18-10-19-9-11)20-5-6-24(16)23-17/h3-10H,1-2H3,(H,21,23). The number of ether oxygens (including phenoxy) is 2. The Labute approximate surface area is 148 Å². The van der Waals surface area contributed by atoms with Crippen molar-refractivity contribution in [2.45, 2.75) is 0 Å². The van der Waals surface area contributed by atoms with E-state index in [9.17, 15) is 0 Å². The zero-order valence-electron chi connectivity index (χ0n) is 14.1. The SMILES string of the molecule is COc1ccc(Nc2nc3c(-c4cncnc4)nccn3n2)cc1OC. The lowest BCUT2D eigenvalue weighted by molar-refractivity contribution is 0.355. The summed E-state index contributed by atoms with van der Waals surface area (Å²) >= 11 is 0. The quantitative estimate of drug-likeness (QED) is 0.586. The molecule has 1 N–H and O–H groups in total. The van der Waals surface area contributed by atoms with E-state index in [0.717, 1.165) is 11.3 Å². The van der Waals surface area contributed by atoms with Crippen LogP contribution in [0.5, 0.6) is 11.5 Å². The molecule has 4 aromatic rings. The molecule has 0 aliphatic heterocycles. The molecule has 0 atom stereocenters. The van der Waals surface area contributed by atoms with E-state index in [2.05, 4.69) is 30.4 Å². The normalized spacial score (nSPS) is 10.7. The third kappa shape index (κ3) is 2.86. The van der Waals surface area contributed by atoms with Crippen molar-refractivity contribution < 1.29 is 9.47 Å². The molecule has 0 unspecified atom stereocenters. The molecule has 9 nitrogen and oxygen atoms in total. The largest absolute Gasteiger partial charge is 0.493 e. The van der Waals surface area contributed by atoms with Crippen LogP contribution in [-0.4, -0.2) is 43.8 Å². The number of hydrogen-bond donors (Lipinski definition) is 1. The van der Waals surface area contributed by atoms with Crippen molar-refractivity contribution >= 4 is 17.3 Å². The number of rotatable bonds is 5. The van der Waals surface area contributed by atoms with Gasteiger partial charge in [0.15, 0.2) is 17.1 Å². The highest BCUT2D eigenvalue weighted by Gasteiger charge is 2.12. The molecule has 0 bridgehead atoms. The molecule has 0 amide bonds. The average molecular weight is 349 g/mol. The van der Waals surface area contributed by atoms with Crippen LogP contribution >= 0.6 is 0 Å². The second-order valence-corrected chi connectivity index (χ2v) is 5.30. The highest BCUT2D eigenvalue weighted by Crippen LogP contribution is 2.31. The van der Waals surface area contributed by atoms with E-state index in [-0.39, 0.29) is 0 Å². The van der Waals surface area contributed by atoms with E-state index in [1.165, 1.54) is 6.33 Å². The molecule has 0 aliphatic carbocycles. The third-order valence-electron chi connectivity index (χ3n) is 3.73. The van der Waals surface area contributed by atoms with E-state index < -0.39 is 0 Å². The van der Waals surface area contributed by atoms with Crippen molar-refractivity contribution in [2.75, 3.05) is 19.5 Å². The highest BCUT2D eigenvalue weighted by atomic mass is 16.5. The Morgan fingerprint density at radius 2 is 1.85 bits per heavy atom. The molecular weight excluding hydrogens is 334 g/mol. The Balaban J connectivity index is 1.70. The molecule has 130 valence electrons. The van der Waals surface area contributed by atoms with Gasteiger partial charge < -0.3 is 14.8 Å². The van der Waals surface area contributed by atoms with E-state index in [0.29, 0.717) is 28.8 Å². The molecule has 0 aliphatic rings. The topological polar surface area (TPSA) is 99.3 Å². The summed E-state index contributed by atoms with van der Waals surface area (Å²) < 4.78 is 12.2. The van der Waals surface area contributed by atoms with E-state index in [1.807, 2.05) is 18.2 Å². The Morgan fingerprint density at radius 1 is 1.04 bits per heavy atom. The van der Waals surface area contributed by atoms with Crippen LogP contribution in [0.4, 0.5) is 11.6 Å². The maximum atomic E-state index is 5.32. The first-order valence-electron chi connectivity index (χ1n) is 7.74. The number of aromatic nitrogens is 6. The molecule has 3 heterocycles. The van der Waals surface area contributed by atoms with Crippen LogP contribution in [0.2, 0.25) is 0 Å². The van der Waals surface area contributed by atoms with Crippen molar-refractivity contribution in [1.29, 1.82) is 0 Å². The molecular formula is C17H15N7O2. The Bertz CT molecular complexity index is 1050. The Hall–Kier alpha value is -3.75. The minimum atomic E-state index is 0.434. The van der Waals surface area contributed by atoms with Gasteiger partial charge in [-0.25, -0.2) is 14.5 Å². The molecule has 0 fully saturated rings. The Kier molecular flexibility index (Phi) is 4.02. The molecule has 4 rings (SSSR count). The Morgan fingerprint density at radius 3 is 2.62 bits per heavy atom. The van der Waals surface area contributed by atoms with Crippen LogP contribution in [-0.2, 0) is 0 Å². The summed E-state index contributed by atoms with van der Waals surface area (Å²) in [5.41, 5.74) is 2.80. The van der Waals surface area contributed by atoms with Crippen LogP contribution < -0.4 is 14.8 Å². The second-order valence-electron chi connectivity index (χ2n) is 5.30. The number of anilines is 2. The van der Waals surface area contributed by atoms with Gasteiger partial charge in [0.25, 0.3) is 0 Å². The average Bonchev–Trinajstić information content (AvgIpc) is 3.10. The maximum absolute atomic E-state index is 5.32. The van der Waals surface area contributed by atoms with Gasteiger partial charge in [0.05, 0.1) is 14.2 Å². The summed E-state index contributed by atoms with van der Waals surface area (Å²) in [7, 11) is 3.18. The first-order chi connectivity index (χ1) is 12.8. The van der Waals surface area contributed by atoms with Crippen LogP contribution in [0, 0.1) is 0 Å². The molecule has 0 radical (unpaired) electrons.